The summed E-state index contributed by atoms with van der Waals surface area (Å²) in [6, 6.07) is 56.1. The third kappa shape index (κ3) is 9.63. The number of pyridine rings is 1. The zero-order chi connectivity index (χ0) is 42.0. The molecule has 0 spiro atoms. The van der Waals surface area contributed by atoms with Gasteiger partial charge in [0.1, 0.15) is 0 Å². The number of imidazole rings is 1. The van der Waals surface area contributed by atoms with Crippen LogP contribution in [-0.2, 0) is 31.9 Å². The normalized spacial score (nSPS) is 11.7. The SMILES string of the molecule is CC(C)(C)c1ccc(-c2ccc(-n3c(-c4[c-]oc5cc(-c6ccccc6)ccc45)nc4ccccc43)cc2)cc1.CC(C)Cc1cc(-c2[c-]cccc2)ncc1[Si](C)(C)C.[Ir]. The maximum absolute atomic E-state index is 5.98. The van der Waals surface area contributed by atoms with Crippen molar-refractivity contribution in [3.05, 3.63) is 181 Å². The fraction of sp³-hybridized carbons (Fsp3) is 0.200. The molecule has 1 radical (unpaired) electrons. The summed E-state index contributed by atoms with van der Waals surface area (Å²) in [6.07, 6.45) is 6.41. The molecule has 0 aliphatic carbocycles. The number of nitrogens with zero attached hydrogens (tertiary/aromatic N) is 3. The maximum Gasteiger partial charge on any atom is 0.0798 e. The Labute approximate surface area is 376 Å². The van der Waals surface area contributed by atoms with Crippen molar-refractivity contribution in [1.29, 1.82) is 0 Å². The van der Waals surface area contributed by atoms with Crippen LogP contribution in [0.2, 0.25) is 19.6 Å². The van der Waals surface area contributed by atoms with E-state index in [-0.39, 0.29) is 25.5 Å². The van der Waals surface area contributed by atoms with E-state index >= 15 is 0 Å². The summed E-state index contributed by atoms with van der Waals surface area (Å²) in [4.78, 5) is 9.73. The molecule has 0 amide bonds. The van der Waals surface area contributed by atoms with E-state index in [1.165, 1.54) is 27.4 Å². The minimum absolute atomic E-state index is 0. The van der Waals surface area contributed by atoms with Crippen molar-refractivity contribution < 1.29 is 24.5 Å². The van der Waals surface area contributed by atoms with E-state index in [0.29, 0.717) is 5.92 Å². The summed E-state index contributed by atoms with van der Waals surface area (Å²) in [5.74, 6) is 1.48. The third-order valence-electron chi connectivity index (χ3n) is 11.0. The number of hydrogen-bond acceptors (Lipinski definition) is 3. The number of aromatic nitrogens is 3. The van der Waals surface area contributed by atoms with Gasteiger partial charge in [0.15, 0.2) is 0 Å². The van der Waals surface area contributed by atoms with Crippen LogP contribution in [0.4, 0.5) is 0 Å². The van der Waals surface area contributed by atoms with E-state index < -0.39 is 8.07 Å². The molecule has 9 rings (SSSR count). The fourth-order valence-electron chi connectivity index (χ4n) is 7.85. The number of rotatable bonds is 8. The van der Waals surface area contributed by atoms with Gasteiger partial charge in [0.2, 0.25) is 0 Å². The van der Waals surface area contributed by atoms with Gasteiger partial charge >= 0.3 is 0 Å². The zero-order valence-corrected chi connectivity index (χ0v) is 39.8. The van der Waals surface area contributed by atoms with Gasteiger partial charge in [-0.05, 0) is 80.7 Å². The Hall–Kier alpha value is -5.65. The summed E-state index contributed by atoms with van der Waals surface area (Å²) >= 11 is 0. The summed E-state index contributed by atoms with van der Waals surface area (Å²) in [6.45, 7) is 18.5. The average molecular weight is 992 g/mol. The molecule has 3 aromatic heterocycles. The van der Waals surface area contributed by atoms with Crippen LogP contribution in [0.1, 0.15) is 45.7 Å². The van der Waals surface area contributed by atoms with Crippen LogP contribution in [0.15, 0.2) is 162 Å². The van der Waals surface area contributed by atoms with Crippen LogP contribution in [0.5, 0.6) is 0 Å². The first-order valence-corrected chi connectivity index (χ1v) is 24.5. The second-order valence-corrected chi connectivity index (χ2v) is 23.2. The molecule has 6 aromatic carbocycles. The number of hydrogen-bond donors (Lipinski definition) is 0. The number of para-hydroxylation sites is 2. The molecule has 0 aliphatic rings. The molecule has 4 nitrogen and oxygen atoms in total. The Morgan fingerprint density at radius 1 is 0.705 bits per heavy atom. The van der Waals surface area contributed by atoms with E-state index in [9.17, 15) is 0 Å². The smallest absolute Gasteiger partial charge is 0.0798 e. The molecule has 309 valence electrons. The van der Waals surface area contributed by atoms with Crippen molar-refractivity contribution in [2.24, 2.45) is 5.92 Å². The van der Waals surface area contributed by atoms with Crippen LogP contribution in [-0.4, -0.2) is 22.6 Å². The van der Waals surface area contributed by atoms with Crippen molar-refractivity contribution in [1.82, 2.24) is 14.5 Å². The molecule has 0 N–H and O–H groups in total. The number of furan rings is 1. The minimum Gasteiger partial charge on any atom is -0.557 e. The van der Waals surface area contributed by atoms with Crippen molar-refractivity contribution in [3.63, 3.8) is 0 Å². The van der Waals surface area contributed by atoms with E-state index in [4.69, 9.17) is 9.40 Å². The molecule has 9 aromatic rings. The van der Waals surface area contributed by atoms with E-state index in [0.717, 1.165) is 67.9 Å². The van der Waals surface area contributed by atoms with Crippen LogP contribution in [0, 0.1) is 18.2 Å². The molecule has 0 fully saturated rings. The predicted molar refractivity (Wildman–Crippen MR) is 255 cm³/mol. The molecule has 0 unspecified atom stereocenters. The standard InChI is InChI=1S/C37H29N2O.C18H24NSi.Ir/c1-37(2,3)29-18-13-26(14-19-29)27-15-20-30(21-16-27)39-34-12-8-7-11-33(34)38-36(39)32-24-40-35-23-28(17-22-31(32)35)25-9-5-4-6-10-25;1-14(2)11-16-12-17(15-9-7-6-8-10-15)19-13-18(16)20(3,4)5;/h4-23H,1-3H3;6-9,12-14H,11H2,1-5H3;/q2*-1;. The molecule has 6 heteroatoms. The first-order valence-electron chi connectivity index (χ1n) is 21.0. The van der Waals surface area contributed by atoms with Gasteiger partial charge in [-0.1, -0.05) is 168 Å². The first kappa shape index (κ1) is 43.4. The zero-order valence-electron chi connectivity index (χ0n) is 36.4. The molecular weight excluding hydrogens is 939 g/mol. The van der Waals surface area contributed by atoms with E-state index in [1.807, 2.05) is 42.5 Å². The molecule has 0 saturated carbocycles. The van der Waals surface area contributed by atoms with Gasteiger partial charge in [0.25, 0.3) is 0 Å². The van der Waals surface area contributed by atoms with E-state index in [1.54, 1.807) is 0 Å². The Balaban J connectivity index is 0.000000226. The Morgan fingerprint density at radius 3 is 2.00 bits per heavy atom. The molecule has 0 aliphatic heterocycles. The number of benzene rings is 6. The predicted octanol–water partition coefficient (Wildman–Crippen LogP) is 14.2. The Kier molecular flexibility index (Phi) is 12.9. The molecule has 0 saturated heterocycles. The van der Waals surface area contributed by atoms with Crippen molar-refractivity contribution in [3.8, 4) is 50.6 Å². The topological polar surface area (TPSA) is 43.9 Å². The average Bonchev–Trinajstić information content (AvgIpc) is 3.85. The fourth-order valence-corrected chi connectivity index (χ4v) is 9.44. The molecule has 61 heavy (non-hydrogen) atoms. The molecular formula is C55H53IrN3OSi-2. The minimum atomic E-state index is -1.34. The van der Waals surface area contributed by atoms with Gasteiger partial charge in [-0.2, -0.15) is 0 Å². The molecule has 3 heterocycles. The monoisotopic (exact) mass is 992 g/mol. The third-order valence-corrected chi connectivity index (χ3v) is 13.1. The van der Waals surface area contributed by atoms with Crippen LogP contribution in [0.25, 0.3) is 72.6 Å². The van der Waals surface area contributed by atoms with Gasteiger partial charge in [-0.3, -0.25) is 4.98 Å². The van der Waals surface area contributed by atoms with E-state index in [2.05, 4.69) is 192 Å². The largest absolute Gasteiger partial charge is 0.557 e. The first-order chi connectivity index (χ1) is 28.8. The quantitative estimate of drug-likeness (QED) is 0.113. The Bertz CT molecular complexity index is 2860. The van der Waals surface area contributed by atoms with Crippen molar-refractivity contribution in [2.75, 3.05) is 0 Å². The van der Waals surface area contributed by atoms with Gasteiger partial charge in [0.05, 0.1) is 24.9 Å². The van der Waals surface area contributed by atoms with Gasteiger partial charge in [-0.15, -0.1) is 42.0 Å². The Morgan fingerprint density at radius 2 is 1.34 bits per heavy atom. The maximum atomic E-state index is 5.98. The van der Waals surface area contributed by atoms with Gasteiger partial charge in [-0.25, -0.2) is 0 Å². The van der Waals surface area contributed by atoms with Crippen LogP contribution >= 0.6 is 0 Å². The van der Waals surface area contributed by atoms with Crippen molar-refractivity contribution >= 4 is 35.3 Å². The number of fused-ring (bicyclic) bond motifs is 2. The second kappa shape index (κ2) is 18.1. The second-order valence-electron chi connectivity index (χ2n) is 18.1. The summed E-state index contributed by atoms with van der Waals surface area (Å²) in [5.41, 5.74) is 14.4. The van der Waals surface area contributed by atoms with Gasteiger partial charge in [0, 0.05) is 43.8 Å². The molecule has 0 atom stereocenters. The van der Waals surface area contributed by atoms with Crippen LogP contribution < -0.4 is 5.19 Å². The summed E-state index contributed by atoms with van der Waals surface area (Å²) < 4.78 is 8.19. The van der Waals surface area contributed by atoms with Gasteiger partial charge < -0.3 is 14.0 Å². The summed E-state index contributed by atoms with van der Waals surface area (Å²) in [5, 5.41) is 2.48. The summed E-state index contributed by atoms with van der Waals surface area (Å²) in [7, 11) is -1.34. The van der Waals surface area contributed by atoms with Crippen LogP contribution in [0.3, 0.4) is 0 Å². The molecule has 0 bridgehead atoms. The van der Waals surface area contributed by atoms with Crippen molar-refractivity contribution in [2.45, 2.75) is 66.1 Å².